The van der Waals surface area contributed by atoms with E-state index in [1.54, 1.807) is 6.08 Å². The second-order valence-electron chi connectivity index (χ2n) is 4.00. The van der Waals surface area contributed by atoms with Gasteiger partial charge in [-0.05, 0) is 19.0 Å². The largest absolute Gasteiger partial charge is 0.491 e. The molecule has 0 atom stereocenters. The average molecular weight is 249 g/mol. The molecule has 0 saturated carbocycles. The molecule has 0 unspecified atom stereocenters. The van der Waals surface area contributed by atoms with Crippen LogP contribution >= 0.6 is 0 Å². The van der Waals surface area contributed by atoms with E-state index >= 15 is 0 Å². The van der Waals surface area contributed by atoms with Gasteiger partial charge in [0, 0.05) is 12.1 Å². The second kappa shape index (κ2) is 9.68. The van der Waals surface area contributed by atoms with Gasteiger partial charge in [-0.15, -0.1) is 6.58 Å². The molecule has 1 aromatic rings. The van der Waals surface area contributed by atoms with E-state index in [0.29, 0.717) is 19.8 Å². The van der Waals surface area contributed by atoms with Crippen molar-refractivity contribution in [2.75, 3.05) is 26.4 Å². The zero-order chi connectivity index (χ0) is 13.1. The van der Waals surface area contributed by atoms with Crippen molar-refractivity contribution >= 4 is 0 Å². The molecule has 3 heteroatoms. The Hall–Kier alpha value is -1.32. The monoisotopic (exact) mass is 249 g/mol. The molecule has 0 aliphatic heterocycles. The van der Waals surface area contributed by atoms with Gasteiger partial charge in [0.1, 0.15) is 12.4 Å². The quantitative estimate of drug-likeness (QED) is 0.511. The van der Waals surface area contributed by atoms with E-state index in [-0.39, 0.29) is 0 Å². The minimum Gasteiger partial charge on any atom is -0.491 e. The van der Waals surface area contributed by atoms with E-state index in [1.807, 2.05) is 18.2 Å². The van der Waals surface area contributed by atoms with Gasteiger partial charge in [0.15, 0.2) is 0 Å². The molecule has 0 spiro atoms. The van der Waals surface area contributed by atoms with E-state index in [1.165, 1.54) is 5.56 Å². The first kappa shape index (κ1) is 14.7. The maximum absolute atomic E-state index is 5.72. The molecule has 0 saturated heterocycles. The summed E-state index contributed by atoms with van der Waals surface area (Å²) < 4.78 is 11.0. The molecule has 0 aromatic heterocycles. The predicted molar refractivity (Wildman–Crippen MR) is 75.0 cm³/mol. The first-order valence-electron chi connectivity index (χ1n) is 6.48. The van der Waals surface area contributed by atoms with Crippen molar-refractivity contribution < 1.29 is 9.47 Å². The molecule has 100 valence electrons. The maximum Gasteiger partial charge on any atom is 0.123 e. The molecule has 18 heavy (non-hydrogen) atoms. The lowest BCUT2D eigenvalue weighted by molar-refractivity contribution is 0.120. The van der Waals surface area contributed by atoms with E-state index in [9.17, 15) is 0 Å². The van der Waals surface area contributed by atoms with Crippen LogP contribution in [0.25, 0.3) is 0 Å². The Morgan fingerprint density at radius 2 is 2.11 bits per heavy atom. The minimum absolute atomic E-state index is 0.568. The molecule has 0 radical (unpaired) electrons. The van der Waals surface area contributed by atoms with Gasteiger partial charge in [-0.2, -0.15) is 0 Å². The summed E-state index contributed by atoms with van der Waals surface area (Å²) in [7, 11) is 0. The van der Waals surface area contributed by atoms with Gasteiger partial charge in [0.25, 0.3) is 0 Å². The van der Waals surface area contributed by atoms with Crippen molar-refractivity contribution in [1.29, 1.82) is 0 Å². The zero-order valence-electron chi connectivity index (χ0n) is 11.2. The summed E-state index contributed by atoms with van der Waals surface area (Å²) in [6.07, 6.45) is 2.88. The van der Waals surface area contributed by atoms with Crippen molar-refractivity contribution in [1.82, 2.24) is 5.32 Å². The van der Waals surface area contributed by atoms with Crippen molar-refractivity contribution in [2.45, 2.75) is 19.9 Å². The summed E-state index contributed by atoms with van der Waals surface area (Å²) in [5, 5.41) is 3.38. The van der Waals surface area contributed by atoms with Gasteiger partial charge in [-0.25, -0.2) is 0 Å². The van der Waals surface area contributed by atoms with Crippen LogP contribution in [0.4, 0.5) is 0 Å². The molecule has 0 heterocycles. The lowest BCUT2D eigenvalue weighted by atomic mass is 10.2. The number of para-hydroxylation sites is 1. The average Bonchev–Trinajstić information content (AvgIpc) is 2.40. The number of ether oxygens (including phenoxy) is 2. The van der Waals surface area contributed by atoms with E-state index in [2.05, 4.69) is 24.9 Å². The summed E-state index contributed by atoms with van der Waals surface area (Å²) in [6.45, 7) is 9.35. The molecular weight excluding hydrogens is 226 g/mol. The molecule has 1 rings (SSSR count). The van der Waals surface area contributed by atoms with Crippen LogP contribution < -0.4 is 10.1 Å². The molecule has 3 nitrogen and oxygen atoms in total. The Kier molecular flexibility index (Phi) is 7.93. The van der Waals surface area contributed by atoms with E-state index in [4.69, 9.17) is 9.47 Å². The highest BCUT2D eigenvalue weighted by molar-refractivity contribution is 5.33. The van der Waals surface area contributed by atoms with Crippen molar-refractivity contribution in [2.24, 2.45) is 0 Å². The molecule has 0 bridgehead atoms. The van der Waals surface area contributed by atoms with Crippen LogP contribution in [-0.4, -0.2) is 26.4 Å². The fourth-order valence-corrected chi connectivity index (χ4v) is 1.57. The van der Waals surface area contributed by atoms with E-state index in [0.717, 1.165) is 25.3 Å². The third kappa shape index (κ3) is 5.84. The van der Waals surface area contributed by atoms with Gasteiger partial charge in [0.2, 0.25) is 0 Å². The third-order valence-corrected chi connectivity index (χ3v) is 2.44. The molecule has 1 N–H and O–H groups in total. The number of hydrogen-bond donors (Lipinski definition) is 1. The molecule has 0 amide bonds. The Bertz CT molecular complexity index is 339. The topological polar surface area (TPSA) is 30.5 Å². The zero-order valence-corrected chi connectivity index (χ0v) is 11.2. The number of hydrogen-bond acceptors (Lipinski definition) is 3. The predicted octanol–water partition coefficient (Wildman–Crippen LogP) is 2.77. The standard InChI is InChI=1S/C15H23NO2/c1-3-9-16-13-14-7-5-6-8-15(14)18-12-11-17-10-4-2/h4-8,16H,2-3,9-13H2,1H3. The fourth-order valence-electron chi connectivity index (χ4n) is 1.57. The Balaban J connectivity index is 2.36. The van der Waals surface area contributed by atoms with E-state index < -0.39 is 0 Å². The smallest absolute Gasteiger partial charge is 0.123 e. The van der Waals surface area contributed by atoms with Gasteiger partial charge >= 0.3 is 0 Å². The van der Waals surface area contributed by atoms with Gasteiger partial charge in [0.05, 0.1) is 13.2 Å². The Labute approximate surface area is 110 Å². The molecule has 0 aliphatic rings. The lowest BCUT2D eigenvalue weighted by Gasteiger charge is -2.11. The van der Waals surface area contributed by atoms with Gasteiger partial charge in [-0.3, -0.25) is 0 Å². The van der Waals surface area contributed by atoms with Gasteiger partial charge < -0.3 is 14.8 Å². The molecule has 0 fully saturated rings. The second-order valence-corrected chi connectivity index (χ2v) is 4.00. The minimum atomic E-state index is 0.568. The molecule has 0 aliphatic carbocycles. The summed E-state index contributed by atoms with van der Waals surface area (Å²) in [5.74, 6) is 0.934. The number of nitrogens with one attached hydrogen (secondary N) is 1. The van der Waals surface area contributed by atoms with Crippen LogP contribution in [0.2, 0.25) is 0 Å². The summed E-state index contributed by atoms with van der Waals surface area (Å²) in [6, 6.07) is 8.10. The van der Waals surface area contributed by atoms with Crippen LogP contribution in [0.3, 0.4) is 0 Å². The van der Waals surface area contributed by atoms with Crippen molar-refractivity contribution in [3.63, 3.8) is 0 Å². The third-order valence-electron chi connectivity index (χ3n) is 2.44. The van der Waals surface area contributed by atoms with Crippen LogP contribution in [0, 0.1) is 0 Å². The van der Waals surface area contributed by atoms with Crippen LogP contribution in [0.5, 0.6) is 5.75 Å². The lowest BCUT2D eigenvalue weighted by Crippen LogP contribution is -2.15. The summed E-state index contributed by atoms with van der Waals surface area (Å²) >= 11 is 0. The molecular formula is C15H23NO2. The summed E-state index contributed by atoms with van der Waals surface area (Å²) in [4.78, 5) is 0. The number of rotatable bonds is 10. The first-order chi connectivity index (χ1) is 8.88. The first-order valence-corrected chi connectivity index (χ1v) is 6.48. The van der Waals surface area contributed by atoms with Crippen molar-refractivity contribution in [3.05, 3.63) is 42.5 Å². The maximum atomic E-state index is 5.72. The Morgan fingerprint density at radius 1 is 1.28 bits per heavy atom. The Morgan fingerprint density at radius 3 is 2.89 bits per heavy atom. The van der Waals surface area contributed by atoms with Crippen LogP contribution in [-0.2, 0) is 11.3 Å². The van der Waals surface area contributed by atoms with Gasteiger partial charge in [-0.1, -0.05) is 31.2 Å². The fraction of sp³-hybridized carbons (Fsp3) is 0.467. The highest BCUT2D eigenvalue weighted by atomic mass is 16.5. The van der Waals surface area contributed by atoms with Crippen LogP contribution in [0.1, 0.15) is 18.9 Å². The highest BCUT2D eigenvalue weighted by Crippen LogP contribution is 2.17. The van der Waals surface area contributed by atoms with Crippen molar-refractivity contribution in [3.8, 4) is 5.75 Å². The SMILES string of the molecule is C=CCOCCOc1ccccc1CNCCC. The number of benzene rings is 1. The summed E-state index contributed by atoms with van der Waals surface area (Å²) in [5.41, 5.74) is 1.19. The van der Waals surface area contributed by atoms with Crippen LogP contribution in [0.15, 0.2) is 36.9 Å². The molecule has 1 aromatic carbocycles. The highest BCUT2D eigenvalue weighted by Gasteiger charge is 2.01. The normalized spacial score (nSPS) is 10.3.